The molecular formula is C61H38N8OsS3. The fourth-order valence-corrected chi connectivity index (χ4v) is 11.8. The summed E-state index contributed by atoms with van der Waals surface area (Å²) in [7, 11) is 0. The number of H-pyrrole nitrogens is 1. The van der Waals surface area contributed by atoms with Crippen LogP contribution in [0.4, 0.5) is 0 Å². The average molecular weight is 1170 g/mol. The number of hydrogen-bond acceptors (Lipinski definition) is 10. The Kier molecular flexibility index (Phi) is 12.6. The van der Waals surface area contributed by atoms with E-state index >= 15 is 0 Å². The van der Waals surface area contributed by atoms with Crippen LogP contribution < -0.4 is 0 Å². The maximum Gasteiger partial charge on any atom is 0.148 e. The Bertz CT molecular complexity index is 4070. The minimum absolute atomic E-state index is 0. The van der Waals surface area contributed by atoms with E-state index in [1.54, 1.807) is 22.7 Å². The molecular weight excluding hydrogens is 1130 g/mol. The van der Waals surface area contributed by atoms with Crippen molar-refractivity contribution in [2.45, 2.75) is 0 Å². The summed E-state index contributed by atoms with van der Waals surface area (Å²) in [6, 6.07) is 70.1. The molecule has 0 radical (unpaired) electrons. The van der Waals surface area contributed by atoms with Crippen molar-refractivity contribution >= 4 is 110 Å². The van der Waals surface area contributed by atoms with Crippen molar-refractivity contribution in [1.29, 1.82) is 0 Å². The van der Waals surface area contributed by atoms with E-state index < -0.39 is 0 Å². The number of imidazole rings is 1. The van der Waals surface area contributed by atoms with Gasteiger partial charge in [0.2, 0.25) is 0 Å². The van der Waals surface area contributed by atoms with Gasteiger partial charge in [0.1, 0.15) is 5.82 Å². The molecule has 0 spiro atoms. The van der Waals surface area contributed by atoms with Gasteiger partial charge in [0.25, 0.3) is 0 Å². The van der Waals surface area contributed by atoms with Gasteiger partial charge in [-0.3, -0.25) is 9.97 Å². The number of thiophene rings is 3. The first kappa shape index (κ1) is 45.9. The first-order valence-corrected chi connectivity index (χ1v) is 25.9. The zero-order valence-electron chi connectivity index (χ0n) is 38.6. The number of benzene rings is 5. The molecule has 15 aromatic rings. The van der Waals surface area contributed by atoms with Crippen LogP contribution >= 0.6 is 34.0 Å². The van der Waals surface area contributed by atoms with Gasteiger partial charge in [-0.1, -0.05) is 103 Å². The first-order chi connectivity index (χ1) is 35.6. The molecule has 8 nitrogen and oxygen atoms in total. The van der Waals surface area contributed by atoms with Gasteiger partial charge < -0.3 is 4.98 Å². The molecule has 0 unspecified atom stereocenters. The molecule has 0 saturated carbocycles. The fraction of sp³-hybridized carbons (Fsp3) is 0. The van der Waals surface area contributed by atoms with E-state index in [9.17, 15) is 0 Å². The van der Waals surface area contributed by atoms with Crippen LogP contribution in [0.15, 0.2) is 224 Å². The molecule has 0 aliphatic rings. The molecule has 1 N–H and O–H groups in total. The molecule has 0 atom stereocenters. The largest absolute Gasteiger partial charge is 0.337 e. The number of aromatic nitrogens is 8. The molecule has 12 heteroatoms. The zero-order chi connectivity index (χ0) is 47.8. The summed E-state index contributed by atoms with van der Waals surface area (Å²) in [6.45, 7) is 0. The van der Waals surface area contributed by atoms with Crippen molar-refractivity contribution in [3.05, 3.63) is 224 Å². The van der Waals surface area contributed by atoms with Gasteiger partial charge in [0.15, 0.2) is 0 Å². The van der Waals surface area contributed by atoms with E-state index in [1.807, 2.05) is 133 Å². The second kappa shape index (κ2) is 20.1. The minimum Gasteiger partial charge on any atom is -0.337 e. The minimum atomic E-state index is 0. The van der Waals surface area contributed by atoms with Gasteiger partial charge in [0, 0.05) is 84.0 Å². The molecule has 0 saturated heterocycles. The number of hydrogen-bond donors (Lipinski definition) is 1. The van der Waals surface area contributed by atoms with Crippen molar-refractivity contribution in [2.75, 3.05) is 0 Å². The molecule has 0 bridgehead atoms. The number of para-hydroxylation sites is 4. The first-order valence-electron chi connectivity index (χ1n) is 23.3. The Hall–Kier alpha value is -8.23. The Labute approximate surface area is 443 Å². The molecule has 0 aliphatic carbocycles. The molecule has 0 fully saturated rings. The predicted octanol–water partition coefficient (Wildman–Crippen LogP) is 16.7. The van der Waals surface area contributed by atoms with Crippen molar-refractivity contribution < 1.29 is 19.8 Å². The van der Waals surface area contributed by atoms with E-state index in [0.717, 1.165) is 110 Å². The number of rotatable bonds is 5. The summed E-state index contributed by atoms with van der Waals surface area (Å²) in [5, 5.41) is 8.79. The second-order valence-corrected chi connectivity index (χ2v) is 20.1. The smallest absolute Gasteiger partial charge is 0.148 e. The number of nitrogens with zero attached hydrogens (tertiary/aromatic N) is 7. The molecule has 0 amide bonds. The van der Waals surface area contributed by atoms with Crippen LogP contribution in [0.3, 0.4) is 0 Å². The summed E-state index contributed by atoms with van der Waals surface area (Å²) < 4.78 is 0. The van der Waals surface area contributed by atoms with Gasteiger partial charge in [-0.25, -0.2) is 24.9 Å². The van der Waals surface area contributed by atoms with Crippen LogP contribution in [-0.2, 0) is 19.8 Å². The van der Waals surface area contributed by atoms with Crippen LogP contribution in [0.2, 0.25) is 0 Å². The van der Waals surface area contributed by atoms with Crippen LogP contribution in [-0.4, -0.2) is 39.9 Å². The van der Waals surface area contributed by atoms with Crippen LogP contribution in [0.1, 0.15) is 0 Å². The monoisotopic (exact) mass is 1170 g/mol. The summed E-state index contributed by atoms with van der Waals surface area (Å²) in [5.41, 5.74) is 11.4. The van der Waals surface area contributed by atoms with E-state index in [1.165, 1.54) is 19.5 Å². The third-order valence-electron chi connectivity index (χ3n) is 12.4. The Balaban J connectivity index is 0.000000116. The maximum atomic E-state index is 5.01. The Morgan fingerprint density at radius 2 is 0.726 bits per heavy atom. The SMILES string of the molecule is [Os].c1ccc2nc(-c3ccc4ccccc4n3)ccc2c1.c1ccc2nc(-c3ccc4ccccc4n3)ccc2c1.c1csc(-c2ccc(-c3ccc(-c4nc5c6cccnc6c6ncccc6c5[nH]4)s3)s2)c1. The topological polar surface area (TPSA) is 106 Å². The number of nitrogens with one attached hydrogen (secondary N) is 1. The van der Waals surface area contributed by atoms with Gasteiger partial charge in [-0.05, 0) is 109 Å². The van der Waals surface area contributed by atoms with Crippen molar-refractivity contribution in [3.63, 3.8) is 0 Å². The van der Waals surface area contributed by atoms with E-state index in [4.69, 9.17) is 4.98 Å². The predicted molar refractivity (Wildman–Crippen MR) is 302 cm³/mol. The summed E-state index contributed by atoms with van der Waals surface area (Å²) >= 11 is 5.38. The molecule has 73 heavy (non-hydrogen) atoms. The molecule has 348 valence electrons. The van der Waals surface area contributed by atoms with Gasteiger partial charge in [-0.2, -0.15) is 0 Å². The van der Waals surface area contributed by atoms with E-state index in [0.29, 0.717) is 0 Å². The normalized spacial score (nSPS) is 11.2. The van der Waals surface area contributed by atoms with Crippen LogP contribution in [0.25, 0.3) is 129 Å². The van der Waals surface area contributed by atoms with Crippen LogP contribution in [0, 0.1) is 0 Å². The Morgan fingerprint density at radius 1 is 0.315 bits per heavy atom. The van der Waals surface area contributed by atoms with Gasteiger partial charge >= 0.3 is 0 Å². The molecule has 5 aromatic carbocycles. The van der Waals surface area contributed by atoms with Gasteiger partial charge in [-0.15, -0.1) is 34.0 Å². The van der Waals surface area contributed by atoms with E-state index in [-0.39, 0.29) is 19.8 Å². The summed E-state index contributed by atoms with van der Waals surface area (Å²) in [4.78, 5) is 42.8. The second-order valence-electron chi connectivity index (χ2n) is 17.0. The summed E-state index contributed by atoms with van der Waals surface area (Å²) in [5.74, 6) is 0.882. The quantitative estimate of drug-likeness (QED) is 0.171. The Morgan fingerprint density at radius 3 is 1.19 bits per heavy atom. The molecule has 0 aliphatic heterocycles. The molecule has 15 rings (SSSR count). The standard InChI is InChI=1S/C25H14N4S3.2C18H12N2.Os/c1-4-14-21(26-11-1)22-15(5-2-12-27-22)24-23(14)28-25(29-24)20-10-9-19(32-20)18-8-7-17(31-18)16-6-3-13-30-16;2*1-3-7-15-13(5-1)9-11-17(19-15)18-12-10-14-6-2-4-8-16(14)20-18;/h1-13H,(H,28,29);2*1-12H;. The van der Waals surface area contributed by atoms with Gasteiger partial charge in [0.05, 0.1) is 71.8 Å². The number of fused-ring (bicyclic) bond motifs is 10. The zero-order valence-corrected chi connectivity index (χ0v) is 43.6. The summed E-state index contributed by atoms with van der Waals surface area (Å²) in [6.07, 6.45) is 3.63. The fourth-order valence-electron chi connectivity index (χ4n) is 8.91. The third kappa shape index (κ3) is 9.18. The third-order valence-corrected chi connectivity index (χ3v) is 15.9. The number of pyridine rings is 6. The van der Waals surface area contributed by atoms with Crippen LogP contribution in [0.5, 0.6) is 0 Å². The maximum absolute atomic E-state index is 5.01. The van der Waals surface area contributed by atoms with E-state index in [2.05, 4.69) is 137 Å². The average Bonchev–Trinajstić information content (AvgIpc) is 4.32. The molecule has 10 aromatic heterocycles. The van der Waals surface area contributed by atoms with Crippen molar-refractivity contribution in [2.24, 2.45) is 0 Å². The molecule has 10 heterocycles. The number of aromatic amines is 1. The van der Waals surface area contributed by atoms with Crippen molar-refractivity contribution in [3.8, 4) is 53.0 Å². The van der Waals surface area contributed by atoms with Crippen molar-refractivity contribution in [1.82, 2.24) is 39.9 Å².